The number of carbonyl (C=O) groups is 4. The molecule has 1 fully saturated rings. The molecule has 4 unspecified atom stereocenters. The van der Waals surface area contributed by atoms with E-state index in [9.17, 15) is 24.3 Å². The number of fused-ring (bicyclic) bond motifs is 3. The SMILES string of the molecule is CCN1C(=O)C2CC=C3C(c4ccc(O)cc4Cl)C4=C(CC3C2C1=O)C(=O)C(Br)=CC4=O. The van der Waals surface area contributed by atoms with Crippen molar-refractivity contribution in [3.05, 3.63) is 62.1 Å². The highest BCUT2D eigenvalue weighted by molar-refractivity contribution is 9.12. The second-order valence-electron chi connectivity index (χ2n) is 8.52. The van der Waals surface area contributed by atoms with Crippen molar-refractivity contribution in [1.29, 1.82) is 0 Å². The normalized spacial score (nSPS) is 29.5. The molecule has 0 bridgehead atoms. The van der Waals surface area contributed by atoms with E-state index >= 15 is 0 Å². The molecule has 1 aliphatic heterocycles. The maximum absolute atomic E-state index is 13.2. The Bertz CT molecular complexity index is 1210. The predicted molar refractivity (Wildman–Crippen MR) is 120 cm³/mol. The summed E-state index contributed by atoms with van der Waals surface area (Å²) in [7, 11) is 0. The summed E-state index contributed by atoms with van der Waals surface area (Å²) < 4.78 is 0.181. The summed E-state index contributed by atoms with van der Waals surface area (Å²) in [5.74, 6) is -3.01. The Morgan fingerprint density at radius 1 is 1.16 bits per heavy atom. The van der Waals surface area contributed by atoms with E-state index < -0.39 is 17.8 Å². The van der Waals surface area contributed by atoms with Gasteiger partial charge >= 0.3 is 0 Å². The van der Waals surface area contributed by atoms with Gasteiger partial charge in [0.1, 0.15) is 5.75 Å². The second kappa shape index (κ2) is 7.52. The summed E-state index contributed by atoms with van der Waals surface area (Å²) in [5.41, 5.74) is 2.14. The number of phenols is 1. The zero-order valence-corrected chi connectivity index (χ0v) is 19.4. The van der Waals surface area contributed by atoms with Crippen molar-refractivity contribution < 1.29 is 24.3 Å². The van der Waals surface area contributed by atoms with Crippen LogP contribution in [0.4, 0.5) is 0 Å². The number of likely N-dealkylation sites (tertiary alicyclic amines) is 1. The van der Waals surface area contributed by atoms with Gasteiger partial charge < -0.3 is 5.11 Å². The number of allylic oxidation sites excluding steroid dienone is 6. The van der Waals surface area contributed by atoms with Crippen molar-refractivity contribution in [3.8, 4) is 5.75 Å². The quantitative estimate of drug-likeness (QED) is 0.366. The molecule has 4 aliphatic rings. The molecule has 4 atom stereocenters. The number of halogens is 2. The van der Waals surface area contributed by atoms with Gasteiger partial charge in [-0.05, 0) is 59.3 Å². The maximum atomic E-state index is 13.2. The number of nitrogens with zero attached hydrogens (tertiary/aromatic N) is 1. The molecule has 5 rings (SSSR count). The zero-order valence-electron chi connectivity index (χ0n) is 17.1. The summed E-state index contributed by atoms with van der Waals surface area (Å²) in [6, 6.07) is 4.53. The number of Topliss-reactive ketones (excluding diaryl/α,β-unsaturated/α-hetero) is 1. The number of imide groups is 1. The molecule has 1 N–H and O–H groups in total. The molecule has 164 valence electrons. The number of hydrogen-bond acceptors (Lipinski definition) is 5. The van der Waals surface area contributed by atoms with Crippen LogP contribution in [0.1, 0.15) is 31.2 Å². The van der Waals surface area contributed by atoms with Gasteiger partial charge in [-0.15, -0.1) is 0 Å². The van der Waals surface area contributed by atoms with Gasteiger partial charge in [0.2, 0.25) is 11.8 Å². The van der Waals surface area contributed by atoms with Crippen LogP contribution in [-0.2, 0) is 19.2 Å². The topological polar surface area (TPSA) is 91.8 Å². The second-order valence-corrected chi connectivity index (χ2v) is 9.78. The highest BCUT2D eigenvalue weighted by Crippen LogP contribution is 2.56. The third-order valence-corrected chi connectivity index (χ3v) is 7.95. The van der Waals surface area contributed by atoms with Gasteiger partial charge in [0.25, 0.3) is 0 Å². The van der Waals surface area contributed by atoms with E-state index in [1.807, 2.05) is 6.08 Å². The number of phenolic OH excluding ortho intramolecular Hbond substituents is 1. The third-order valence-electron chi connectivity index (χ3n) is 7.03. The predicted octanol–water partition coefficient (Wildman–Crippen LogP) is 3.83. The average Bonchev–Trinajstić information content (AvgIpc) is 3.00. The van der Waals surface area contributed by atoms with Crippen LogP contribution in [0.25, 0.3) is 0 Å². The molecule has 0 spiro atoms. The van der Waals surface area contributed by atoms with Crippen LogP contribution in [0.2, 0.25) is 5.02 Å². The Hall–Kier alpha value is -2.51. The summed E-state index contributed by atoms with van der Waals surface area (Å²) in [4.78, 5) is 53.5. The first kappa shape index (κ1) is 21.3. The number of amides is 2. The molecule has 1 heterocycles. The van der Waals surface area contributed by atoms with Crippen LogP contribution in [0.15, 0.2) is 51.6 Å². The number of carbonyl (C=O) groups excluding carboxylic acids is 4. The number of benzene rings is 1. The minimum atomic E-state index is -0.621. The first-order chi connectivity index (χ1) is 15.2. The minimum Gasteiger partial charge on any atom is -0.508 e. The Balaban J connectivity index is 1.72. The summed E-state index contributed by atoms with van der Waals surface area (Å²) in [6.07, 6.45) is 3.84. The minimum absolute atomic E-state index is 0.0122. The van der Waals surface area contributed by atoms with Crippen molar-refractivity contribution in [3.63, 3.8) is 0 Å². The van der Waals surface area contributed by atoms with Crippen LogP contribution in [0.5, 0.6) is 5.75 Å². The fraction of sp³-hybridized carbons (Fsp3) is 0.333. The number of rotatable bonds is 2. The van der Waals surface area contributed by atoms with E-state index in [-0.39, 0.29) is 51.0 Å². The Labute approximate surface area is 197 Å². The maximum Gasteiger partial charge on any atom is 0.233 e. The molecular weight excluding hydrogens is 498 g/mol. The van der Waals surface area contributed by atoms with E-state index in [0.717, 1.165) is 5.57 Å². The molecule has 1 saturated heterocycles. The van der Waals surface area contributed by atoms with Gasteiger partial charge in [-0.1, -0.05) is 29.3 Å². The lowest BCUT2D eigenvalue weighted by Gasteiger charge is -2.42. The molecule has 0 radical (unpaired) electrons. The highest BCUT2D eigenvalue weighted by atomic mass is 79.9. The van der Waals surface area contributed by atoms with Crippen molar-refractivity contribution in [2.45, 2.75) is 25.7 Å². The summed E-state index contributed by atoms with van der Waals surface area (Å²) in [6.45, 7) is 2.08. The lowest BCUT2D eigenvalue weighted by atomic mass is 9.59. The van der Waals surface area contributed by atoms with E-state index in [1.54, 1.807) is 13.0 Å². The summed E-state index contributed by atoms with van der Waals surface area (Å²) >= 11 is 9.68. The van der Waals surface area contributed by atoms with Gasteiger partial charge in [-0.3, -0.25) is 24.1 Å². The van der Waals surface area contributed by atoms with Crippen molar-refractivity contribution in [1.82, 2.24) is 4.90 Å². The van der Waals surface area contributed by atoms with Gasteiger partial charge in [0.05, 0.1) is 16.3 Å². The largest absolute Gasteiger partial charge is 0.508 e. The lowest BCUT2D eigenvalue weighted by Crippen LogP contribution is -2.39. The van der Waals surface area contributed by atoms with E-state index in [2.05, 4.69) is 15.9 Å². The van der Waals surface area contributed by atoms with Crippen molar-refractivity contribution in [2.24, 2.45) is 17.8 Å². The lowest BCUT2D eigenvalue weighted by molar-refractivity contribution is -0.139. The molecule has 8 heteroatoms. The molecule has 6 nitrogen and oxygen atoms in total. The van der Waals surface area contributed by atoms with Gasteiger partial charge in [0.15, 0.2) is 11.6 Å². The molecule has 1 aromatic carbocycles. The van der Waals surface area contributed by atoms with Crippen LogP contribution in [0, 0.1) is 17.8 Å². The number of aromatic hydroxyl groups is 1. The van der Waals surface area contributed by atoms with Gasteiger partial charge in [0, 0.05) is 34.7 Å². The molecular formula is C24H19BrClNO5. The molecule has 3 aliphatic carbocycles. The Kier molecular flexibility index (Phi) is 5.02. The van der Waals surface area contributed by atoms with Gasteiger partial charge in [-0.2, -0.15) is 0 Å². The smallest absolute Gasteiger partial charge is 0.233 e. The Morgan fingerprint density at radius 2 is 1.91 bits per heavy atom. The first-order valence-corrected chi connectivity index (χ1v) is 11.6. The highest BCUT2D eigenvalue weighted by Gasteiger charge is 2.56. The van der Waals surface area contributed by atoms with Crippen LogP contribution >= 0.6 is 27.5 Å². The molecule has 0 saturated carbocycles. The Morgan fingerprint density at radius 3 is 2.59 bits per heavy atom. The molecule has 2 amide bonds. The van der Waals surface area contributed by atoms with Crippen LogP contribution in [0.3, 0.4) is 0 Å². The van der Waals surface area contributed by atoms with Gasteiger partial charge in [-0.25, -0.2) is 0 Å². The molecule has 0 aromatic heterocycles. The number of ketones is 2. The van der Waals surface area contributed by atoms with Crippen LogP contribution < -0.4 is 0 Å². The van der Waals surface area contributed by atoms with Crippen molar-refractivity contribution in [2.75, 3.05) is 6.54 Å². The van der Waals surface area contributed by atoms with Crippen LogP contribution in [-0.4, -0.2) is 39.9 Å². The fourth-order valence-electron chi connectivity index (χ4n) is 5.69. The zero-order chi connectivity index (χ0) is 22.9. The van der Waals surface area contributed by atoms with Crippen molar-refractivity contribution >= 4 is 50.9 Å². The average molecular weight is 517 g/mol. The summed E-state index contributed by atoms with van der Waals surface area (Å²) in [5, 5.41) is 10.1. The fourth-order valence-corrected chi connectivity index (χ4v) is 6.42. The third kappa shape index (κ3) is 2.90. The number of hydrogen-bond donors (Lipinski definition) is 1. The first-order valence-electron chi connectivity index (χ1n) is 10.5. The van der Waals surface area contributed by atoms with E-state index in [4.69, 9.17) is 11.6 Å². The monoisotopic (exact) mass is 515 g/mol. The molecule has 32 heavy (non-hydrogen) atoms. The standard InChI is InChI=1S/C24H19BrClNO5/c1-2-27-23(31)13-6-5-11-14(20(13)24(27)32)8-15-21(18(29)9-16(25)22(15)30)19(11)12-4-3-10(28)7-17(12)26/h3-5,7,9,13-14,19-20,28H,2,6,8H2,1H3. The molecule has 1 aromatic rings. The van der Waals surface area contributed by atoms with E-state index in [0.29, 0.717) is 29.7 Å². The van der Waals surface area contributed by atoms with E-state index in [1.165, 1.54) is 23.1 Å².